The summed E-state index contributed by atoms with van der Waals surface area (Å²) in [5, 5.41) is 9.24. The van der Waals surface area contributed by atoms with Crippen molar-refractivity contribution in [1.29, 1.82) is 0 Å². The first kappa shape index (κ1) is 15.3. The van der Waals surface area contributed by atoms with Gasteiger partial charge in [-0.05, 0) is 25.5 Å². The fourth-order valence-electron chi connectivity index (χ4n) is 2.41. The number of halogens is 2. The van der Waals surface area contributed by atoms with Crippen LogP contribution in [0.2, 0.25) is 0 Å². The van der Waals surface area contributed by atoms with E-state index in [2.05, 4.69) is 0 Å². The predicted octanol–water partition coefficient (Wildman–Crippen LogP) is 1.63. The van der Waals surface area contributed by atoms with E-state index in [1.54, 1.807) is 12.1 Å². The summed E-state index contributed by atoms with van der Waals surface area (Å²) in [7, 11) is -3.84. The molecule has 0 amide bonds. The number of benzene rings is 1. The van der Waals surface area contributed by atoms with E-state index in [-0.39, 0.29) is 17.9 Å². The van der Waals surface area contributed by atoms with Gasteiger partial charge in [0.05, 0.1) is 11.5 Å². The molecular weight excluding hydrogens is 288 g/mol. The molecule has 0 radical (unpaired) electrons. The zero-order valence-electron chi connectivity index (χ0n) is 11.0. The average Bonchev–Trinajstić information content (AvgIpc) is 2.84. The third-order valence-electron chi connectivity index (χ3n) is 3.59. The Hall–Kier alpha value is -1.05. The van der Waals surface area contributed by atoms with Crippen molar-refractivity contribution in [2.24, 2.45) is 5.92 Å². The highest BCUT2D eigenvalue weighted by Crippen LogP contribution is 2.32. The van der Waals surface area contributed by atoms with Gasteiger partial charge in [-0.1, -0.05) is 17.7 Å². The molecule has 1 saturated heterocycles. The lowest BCUT2D eigenvalue weighted by Crippen LogP contribution is -2.37. The second-order valence-corrected chi connectivity index (χ2v) is 6.94. The summed E-state index contributed by atoms with van der Waals surface area (Å²) >= 11 is 0. The number of alkyl halides is 2. The van der Waals surface area contributed by atoms with Crippen LogP contribution >= 0.6 is 0 Å². The van der Waals surface area contributed by atoms with E-state index in [0.29, 0.717) is 0 Å². The number of aryl methyl sites for hydroxylation is 1. The normalized spacial score (nSPS) is 24.4. The highest BCUT2D eigenvalue weighted by Gasteiger charge is 2.42. The molecule has 0 saturated carbocycles. The van der Waals surface area contributed by atoms with Gasteiger partial charge in [0.1, 0.15) is 0 Å². The lowest BCUT2D eigenvalue weighted by atomic mass is 10.1. The maximum absolute atomic E-state index is 12.8. The molecule has 1 aliphatic rings. The number of aliphatic hydroxyl groups is 1. The third-order valence-corrected chi connectivity index (χ3v) is 5.52. The van der Waals surface area contributed by atoms with E-state index in [4.69, 9.17) is 0 Å². The van der Waals surface area contributed by atoms with Gasteiger partial charge in [0.25, 0.3) is 0 Å². The monoisotopic (exact) mass is 305 g/mol. The Morgan fingerprint density at radius 3 is 2.45 bits per heavy atom. The topological polar surface area (TPSA) is 57.6 Å². The van der Waals surface area contributed by atoms with Crippen LogP contribution in [0.1, 0.15) is 12.0 Å². The molecule has 2 atom stereocenters. The number of hydrogen-bond donors (Lipinski definition) is 1. The van der Waals surface area contributed by atoms with Gasteiger partial charge in [-0.15, -0.1) is 0 Å². The predicted molar refractivity (Wildman–Crippen MR) is 70.1 cm³/mol. The van der Waals surface area contributed by atoms with Gasteiger partial charge in [0.2, 0.25) is 16.4 Å². The van der Waals surface area contributed by atoms with Crippen LogP contribution in [-0.2, 0) is 10.0 Å². The number of hydrogen-bond acceptors (Lipinski definition) is 3. The fraction of sp³-hybridized carbons (Fsp3) is 0.538. The zero-order valence-corrected chi connectivity index (χ0v) is 11.9. The Kier molecular flexibility index (Phi) is 4.41. The summed E-state index contributed by atoms with van der Waals surface area (Å²) in [5.41, 5.74) is 0.912. The van der Waals surface area contributed by atoms with Crippen LogP contribution in [0.25, 0.3) is 0 Å². The quantitative estimate of drug-likeness (QED) is 0.920. The Labute approximate surface area is 117 Å². The second kappa shape index (κ2) is 5.75. The molecule has 0 unspecified atom stereocenters. The van der Waals surface area contributed by atoms with E-state index < -0.39 is 35.0 Å². The molecule has 1 aromatic carbocycles. The van der Waals surface area contributed by atoms with Gasteiger partial charge < -0.3 is 5.11 Å². The van der Waals surface area contributed by atoms with Crippen LogP contribution in [0.15, 0.2) is 29.2 Å². The summed E-state index contributed by atoms with van der Waals surface area (Å²) in [5.74, 6) is -1.02. The molecule has 2 rings (SSSR count). The van der Waals surface area contributed by atoms with Crippen molar-refractivity contribution in [2.75, 3.05) is 13.2 Å². The van der Waals surface area contributed by atoms with E-state index in [1.165, 1.54) is 12.1 Å². The van der Waals surface area contributed by atoms with E-state index >= 15 is 0 Å². The highest BCUT2D eigenvalue weighted by molar-refractivity contribution is 7.89. The van der Waals surface area contributed by atoms with Gasteiger partial charge in [-0.2, -0.15) is 4.31 Å². The smallest absolute Gasteiger partial charge is 0.243 e. The van der Waals surface area contributed by atoms with Gasteiger partial charge in [0, 0.05) is 18.5 Å². The first-order valence-electron chi connectivity index (χ1n) is 6.33. The van der Waals surface area contributed by atoms with Crippen molar-refractivity contribution in [3.63, 3.8) is 0 Å². The summed E-state index contributed by atoms with van der Waals surface area (Å²) in [6.45, 7) is 1.13. The molecule has 1 aromatic rings. The summed E-state index contributed by atoms with van der Waals surface area (Å²) in [4.78, 5) is 0.0662. The largest absolute Gasteiger partial charge is 0.395 e. The Bertz CT molecular complexity index is 559. The molecule has 1 heterocycles. The average molecular weight is 305 g/mol. The van der Waals surface area contributed by atoms with Crippen molar-refractivity contribution >= 4 is 10.0 Å². The molecule has 0 aromatic heterocycles. The Morgan fingerprint density at radius 2 is 1.95 bits per heavy atom. The van der Waals surface area contributed by atoms with Crippen LogP contribution in [0.5, 0.6) is 0 Å². The summed E-state index contributed by atoms with van der Waals surface area (Å²) in [6, 6.07) is 5.44. The van der Waals surface area contributed by atoms with Crippen LogP contribution in [0.4, 0.5) is 8.78 Å². The minimum Gasteiger partial charge on any atom is -0.395 e. The Morgan fingerprint density at radius 1 is 1.35 bits per heavy atom. The molecule has 1 aliphatic heterocycles. The van der Waals surface area contributed by atoms with Crippen molar-refractivity contribution in [1.82, 2.24) is 4.31 Å². The molecule has 1 fully saturated rings. The highest BCUT2D eigenvalue weighted by atomic mass is 32.2. The lowest BCUT2D eigenvalue weighted by Gasteiger charge is -2.22. The fourth-order valence-corrected chi connectivity index (χ4v) is 4.09. The van der Waals surface area contributed by atoms with Gasteiger partial charge in [0.15, 0.2) is 0 Å². The van der Waals surface area contributed by atoms with Gasteiger partial charge in [-0.25, -0.2) is 17.2 Å². The van der Waals surface area contributed by atoms with E-state index in [9.17, 15) is 22.3 Å². The SMILES string of the molecule is Cc1ccc(S(=O)(=O)N2C[C@H](C(F)F)C[C@H]2CO)cc1. The molecule has 4 nitrogen and oxygen atoms in total. The van der Waals surface area contributed by atoms with Crippen LogP contribution in [0.3, 0.4) is 0 Å². The first-order valence-corrected chi connectivity index (χ1v) is 7.77. The molecule has 1 N–H and O–H groups in total. The maximum Gasteiger partial charge on any atom is 0.243 e. The van der Waals surface area contributed by atoms with Crippen LogP contribution in [0, 0.1) is 12.8 Å². The summed E-state index contributed by atoms with van der Waals surface area (Å²) < 4.78 is 51.4. The van der Waals surface area contributed by atoms with Crippen molar-refractivity contribution in [2.45, 2.75) is 30.7 Å². The van der Waals surface area contributed by atoms with Crippen LogP contribution in [-0.4, -0.2) is 43.4 Å². The molecular formula is C13H17F2NO3S. The molecule has 0 spiro atoms. The number of rotatable bonds is 4. The second-order valence-electron chi connectivity index (χ2n) is 5.05. The third kappa shape index (κ3) is 2.84. The first-order chi connectivity index (χ1) is 9.36. The van der Waals surface area contributed by atoms with Crippen molar-refractivity contribution < 1.29 is 22.3 Å². The van der Waals surface area contributed by atoms with Crippen molar-refractivity contribution in [3.05, 3.63) is 29.8 Å². The van der Waals surface area contributed by atoms with E-state index in [1.807, 2.05) is 6.92 Å². The van der Waals surface area contributed by atoms with Crippen molar-refractivity contribution in [3.8, 4) is 0 Å². The minimum atomic E-state index is -3.84. The molecule has 112 valence electrons. The summed E-state index contributed by atoms with van der Waals surface area (Å²) in [6.07, 6.45) is -2.60. The Balaban J connectivity index is 2.31. The lowest BCUT2D eigenvalue weighted by molar-refractivity contribution is 0.0834. The zero-order chi connectivity index (χ0) is 14.9. The molecule has 20 heavy (non-hydrogen) atoms. The van der Waals surface area contributed by atoms with Gasteiger partial charge >= 0.3 is 0 Å². The molecule has 0 aliphatic carbocycles. The molecule has 0 bridgehead atoms. The van der Waals surface area contributed by atoms with Crippen LogP contribution < -0.4 is 0 Å². The van der Waals surface area contributed by atoms with E-state index in [0.717, 1.165) is 9.87 Å². The minimum absolute atomic E-state index is 0.0146. The number of nitrogens with zero attached hydrogens (tertiary/aromatic N) is 1. The standard InChI is InChI=1S/C13H17F2NO3S/c1-9-2-4-12(5-3-9)20(18,19)16-7-10(13(14)15)6-11(16)8-17/h2-5,10-11,13,17H,6-8H2,1H3/t10-,11+/m1/s1. The maximum atomic E-state index is 12.8. The number of sulfonamides is 1. The molecule has 7 heteroatoms. The number of aliphatic hydroxyl groups excluding tert-OH is 1. The van der Waals surface area contributed by atoms with Gasteiger partial charge in [-0.3, -0.25) is 0 Å².